The van der Waals surface area contributed by atoms with Gasteiger partial charge in [-0.2, -0.15) is 0 Å². The van der Waals surface area contributed by atoms with E-state index in [4.69, 9.17) is 0 Å². The molecule has 0 saturated carbocycles. The van der Waals surface area contributed by atoms with E-state index in [1.54, 1.807) is 6.07 Å². The van der Waals surface area contributed by atoms with E-state index in [9.17, 15) is 4.39 Å². The number of hydrogen-bond donors (Lipinski definition) is 1. The fraction of sp³-hybridized carbons (Fsp3) is 0.250. The molecule has 106 valence electrons. The van der Waals surface area contributed by atoms with Crippen LogP contribution in [0.1, 0.15) is 22.7 Å². The van der Waals surface area contributed by atoms with Gasteiger partial charge in [0.25, 0.3) is 0 Å². The van der Waals surface area contributed by atoms with E-state index in [-0.39, 0.29) is 11.9 Å². The number of nitrogens with one attached hydrogen (secondary N) is 1. The van der Waals surface area contributed by atoms with Crippen molar-refractivity contribution in [3.05, 3.63) is 67.9 Å². The zero-order chi connectivity index (χ0) is 14.7. The molecule has 0 heterocycles. The van der Waals surface area contributed by atoms with E-state index < -0.39 is 0 Å². The van der Waals surface area contributed by atoms with Gasteiger partial charge >= 0.3 is 0 Å². The zero-order valence-corrected chi connectivity index (χ0v) is 14.6. The molecule has 1 atom stereocenters. The lowest BCUT2D eigenvalue weighted by molar-refractivity contribution is 0.552. The highest BCUT2D eigenvalue weighted by molar-refractivity contribution is 9.10. The lowest BCUT2D eigenvalue weighted by Crippen LogP contribution is -2.20. The average Bonchev–Trinajstić information content (AvgIpc) is 2.43. The Balaban J connectivity index is 2.34. The normalized spacial score (nSPS) is 12.4. The number of halogens is 3. The van der Waals surface area contributed by atoms with Crippen LogP contribution in [0.3, 0.4) is 0 Å². The molecule has 0 radical (unpaired) electrons. The molecule has 2 aromatic rings. The van der Waals surface area contributed by atoms with E-state index in [0.29, 0.717) is 12.0 Å². The minimum Gasteiger partial charge on any atom is -0.313 e. The zero-order valence-electron chi connectivity index (χ0n) is 11.4. The average molecular weight is 401 g/mol. The topological polar surface area (TPSA) is 12.0 Å². The molecule has 0 amide bonds. The van der Waals surface area contributed by atoms with Gasteiger partial charge in [0.15, 0.2) is 0 Å². The van der Waals surface area contributed by atoms with Crippen LogP contribution >= 0.6 is 31.9 Å². The van der Waals surface area contributed by atoms with E-state index >= 15 is 0 Å². The molecule has 20 heavy (non-hydrogen) atoms. The molecule has 2 rings (SSSR count). The summed E-state index contributed by atoms with van der Waals surface area (Å²) in [5.41, 5.74) is 3.02. The molecule has 0 fully saturated rings. The molecular formula is C16H16Br2FN. The van der Waals surface area contributed by atoms with Gasteiger partial charge in [0.2, 0.25) is 0 Å². The predicted octanol–water partition coefficient (Wildman–Crippen LogP) is 5.16. The lowest BCUT2D eigenvalue weighted by atomic mass is 9.97. The van der Waals surface area contributed by atoms with Crippen molar-refractivity contribution in [1.29, 1.82) is 0 Å². The minimum absolute atomic E-state index is 0.0630. The van der Waals surface area contributed by atoms with Gasteiger partial charge in [-0.1, -0.05) is 50.1 Å². The Bertz CT molecular complexity index is 613. The first kappa shape index (κ1) is 15.7. The first-order valence-electron chi connectivity index (χ1n) is 6.39. The third-order valence-corrected chi connectivity index (χ3v) is 4.95. The van der Waals surface area contributed by atoms with Crippen LogP contribution in [0.25, 0.3) is 0 Å². The molecule has 1 unspecified atom stereocenters. The first-order chi connectivity index (χ1) is 9.52. The van der Waals surface area contributed by atoms with Gasteiger partial charge in [0.05, 0.1) is 0 Å². The third-order valence-electron chi connectivity index (χ3n) is 3.38. The van der Waals surface area contributed by atoms with Gasteiger partial charge in [-0.3, -0.25) is 0 Å². The Morgan fingerprint density at radius 3 is 2.65 bits per heavy atom. The van der Waals surface area contributed by atoms with Crippen molar-refractivity contribution in [1.82, 2.24) is 5.32 Å². The Morgan fingerprint density at radius 1 is 1.20 bits per heavy atom. The molecule has 0 aliphatic rings. The molecule has 4 heteroatoms. The summed E-state index contributed by atoms with van der Waals surface area (Å²) in [7, 11) is 1.90. The van der Waals surface area contributed by atoms with Crippen molar-refractivity contribution in [3.63, 3.8) is 0 Å². The second-order valence-electron chi connectivity index (χ2n) is 4.76. The van der Waals surface area contributed by atoms with Crippen LogP contribution in [0.2, 0.25) is 0 Å². The lowest BCUT2D eigenvalue weighted by Gasteiger charge is -2.20. The maximum atomic E-state index is 13.9. The van der Waals surface area contributed by atoms with Gasteiger partial charge in [-0.25, -0.2) is 4.39 Å². The largest absolute Gasteiger partial charge is 0.313 e. The summed E-state index contributed by atoms with van der Waals surface area (Å²) in [4.78, 5) is 0. The maximum absolute atomic E-state index is 13.9. The van der Waals surface area contributed by atoms with Crippen molar-refractivity contribution in [3.8, 4) is 0 Å². The summed E-state index contributed by atoms with van der Waals surface area (Å²) in [5.74, 6) is -0.169. The fourth-order valence-electron chi connectivity index (χ4n) is 2.23. The van der Waals surface area contributed by atoms with E-state index in [1.165, 1.54) is 11.6 Å². The van der Waals surface area contributed by atoms with Crippen LogP contribution in [-0.4, -0.2) is 7.05 Å². The van der Waals surface area contributed by atoms with Crippen molar-refractivity contribution in [2.45, 2.75) is 19.4 Å². The smallest absolute Gasteiger partial charge is 0.126 e. The SMILES string of the molecule is CNC(Cc1cc(Br)ccc1F)c1cccc(C)c1Br. The number of likely N-dealkylation sites (N-methyl/N-ethyl adjacent to an activating group) is 1. The summed E-state index contributed by atoms with van der Waals surface area (Å²) in [5, 5.41) is 3.27. The Kier molecular flexibility index (Phi) is 5.35. The molecule has 0 aliphatic heterocycles. The van der Waals surface area contributed by atoms with Crippen molar-refractivity contribution in [2.24, 2.45) is 0 Å². The number of aryl methyl sites for hydroxylation is 1. The van der Waals surface area contributed by atoms with Gasteiger partial charge in [-0.05, 0) is 55.3 Å². The van der Waals surface area contributed by atoms with E-state index in [2.05, 4.69) is 56.2 Å². The quantitative estimate of drug-likeness (QED) is 0.747. The van der Waals surface area contributed by atoms with Crippen molar-refractivity contribution < 1.29 is 4.39 Å². The summed E-state index contributed by atoms with van der Waals surface area (Å²) in [6.45, 7) is 2.06. The highest BCUT2D eigenvalue weighted by atomic mass is 79.9. The fourth-order valence-corrected chi connectivity index (χ4v) is 3.18. The Hall–Kier alpha value is -0.710. The van der Waals surface area contributed by atoms with E-state index in [1.807, 2.05) is 19.2 Å². The molecule has 0 aromatic heterocycles. The number of benzene rings is 2. The van der Waals surface area contributed by atoms with Crippen LogP contribution in [0.4, 0.5) is 4.39 Å². The monoisotopic (exact) mass is 399 g/mol. The Morgan fingerprint density at radius 2 is 1.95 bits per heavy atom. The highest BCUT2D eigenvalue weighted by Gasteiger charge is 2.16. The van der Waals surface area contributed by atoms with Crippen LogP contribution < -0.4 is 5.32 Å². The van der Waals surface area contributed by atoms with Crippen LogP contribution in [-0.2, 0) is 6.42 Å². The standard InChI is InChI=1S/C16H16Br2FN/c1-10-4-3-5-13(16(10)18)15(20-2)9-11-8-12(17)6-7-14(11)19/h3-8,15,20H,9H2,1-2H3. The van der Waals surface area contributed by atoms with Gasteiger partial charge in [0, 0.05) is 15.0 Å². The van der Waals surface area contributed by atoms with E-state index in [0.717, 1.165) is 14.5 Å². The molecule has 1 nitrogen and oxygen atoms in total. The molecule has 1 N–H and O–H groups in total. The molecule has 0 saturated heterocycles. The minimum atomic E-state index is -0.169. The molecule has 0 aliphatic carbocycles. The van der Waals surface area contributed by atoms with Gasteiger partial charge in [0.1, 0.15) is 5.82 Å². The number of hydrogen-bond acceptors (Lipinski definition) is 1. The first-order valence-corrected chi connectivity index (χ1v) is 7.97. The third kappa shape index (κ3) is 3.48. The number of rotatable bonds is 4. The summed E-state index contributed by atoms with van der Waals surface area (Å²) < 4.78 is 15.9. The predicted molar refractivity (Wildman–Crippen MR) is 88.5 cm³/mol. The van der Waals surface area contributed by atoms with Gasteiger partial charge in [-0.15, -0.1) is 0 Å². The molecule has 0 bridgehead atoms. The maximum Gasteiger partial charge on any atom is 0.126 e. The van der Waals surface area contributed by atoms with Crippen LogP contribution in [0, 0.1) is 12.7 Å². The van der Waals surface area contributed by atoms with Crippen LogP contribution in [0.5, 0.6) is 0 Å². The summed E-state index contributed by atoms with van der Waals surface area (Å²) in [6, 6.07) is 11.3. The molecule has 2 aromatic carbocycles. The molecular weight excluding hydrogens is 385 g/mol. The highest BCUT2D eigenvalue weighted by Crippen LogP contribution is 2.29. The van der Waals surface area contributed by atoms with Crippen molar-refractivity contribution in [2.75, 3.05) is 7.05 Å². The summed E-state index contributed by atoms with van der Waals surface area (Å²) >= 11 is 7.02. The second kappa shape index (κ2) is 6.83. The van der Waals surface area contributed by atoms with Crippen LogP contribution in [0.15, 0.2) is 45.3 Å². The van der Waals surface area contributed by atoms with Crippen molar-refractivity contribution >= 4 is 31.9 Å². The van der Waals surface area contributed by atoms with Gasteiger partial charge < -0.3 is 5.32 Å². The second-order valence-corrected chi connectivity index (χ2v) is 6.47. The summed E-state index contributed by atoms with van der Waals surface area (Å²) in [6.07, 6.45) is 0.601. The molecule has 0 spiro atoms. The Labute approximate surface area is 135 Å².